The lowest BCUT2D eigenvalue weighted by molar-refractivity contribution is 0.00502. The normalized spacial score (nSPS) is 26.5. The van der Waals surface area contributed by atoms with E-state index in [0.717, 1.165) is 25.7 Å². The second kappa shape index (κ2) is 5.82. The molecule has 0 heterocycles. The zero-order valence-electron chi connectivity index (χ0n) is 12.2. The van der Waals surface area contributed by atoms with Crippen LogP contribution in [-0.4, -0.2) is 25.7 Å². The van der Waals surface area contributed by atoms with Gasteiger partial charge in [0.05, 0.1) is 21.9 Å². The van der Waals surface area contributed by atoms with Crippen molar-refractivity contribution in [1.29, 1.82) is 0 Å². The van der Waals surface area contributed by atoms with Crippen LogP contribution in [0.2, 0.25) is 0 Å². The first-order valence-corrected chi connectivity index (χ1v) is 8.63. The molecule has 1 aliphatic carbocycles. The van der Waals surface area contributed by atoms with Crippen molar-refractivity contribution in [2.24, 2.45) is 11.1 Å². The SMILES string of the molecule is CC1CCC(O)(CNc2cc(S(N)(=O)=O)ccc2N)CC1. The van der Waals surface area contributed by atoms with Crippen LogP contribution in [-0.2, 0) is 10.0 Å². The number of nitrogens with one attached hydrogen (secondary N) is 1. The molecule has 1 aromatic carbocycles. The monoisotopic (exact) mass is 313 g/mol. The van der Waals surface area contributed by atoms with Gasteiger partial charge in [0.1, 0.15) is 0 Å². The number of nitrogens with two attached hydrogens (primary N) is 2. The Hall–Kier alpha value is -1.31. The van der Waals surface area contributed by atoms with E-state index in [-0.39, 0.29) is 4.90 Å². The number of benzene rings is 1. The fraction of sp³-hybridized carbons (Fsp3) is 0.571. The Kier molecular flexibility index (Phi) is 4.46. The van der Waals surface area contributed by atoms with Crippen LogP contribution in [0.5, 0.6) is 0 Å². The molecule has 7 heteroatoms. The standard InChI is InChI=1S/C14H23N3O3S/c1-10-4-6-14(18,7-5-10)9-17-13-8-11(21(16,19)20)2-3-12(13)15/h2-3,8,10,17-18H,4-7,9,15H2,1H3,(H2,16,19,20). The Morgan fingerprint density at radius 1 is 1.38 bits per heavy atom. The zero-order valence-corrected chi connectivity index (χ0v) is 13.0. The van der Waals surface area contributed by atoms with Crippen molar-refractivity contribution in [3.63, 3.8) is 0 Å². The van der Waals surface area contributed by atoms with Crippen molar-refractivity contribution in [3.05, 3.63) is 18.2 Å². The molecule has 1 fully saturated rings. The molecule has 0 bridgehead atoms. The molecule has 1 aromatic rings. The average Bonchev–Trinajstić information content (AvgIpc) is 2.40. The molecular weight excluding hydrogens is 290 g/mol. The van der Waals surface area contributed by atoms with E-state index in [0.29, 0.717) is 23.8 Å². The molecule has 0 radical (unpaired) electrons. The Morgan fingerprint density at radius 3 is 2.57 bits per heavy atom. The van der Waals surface area contributed by atoms with Crippen LogP contribution in [0, 0.1) is 5.92 Å². The number of anilines is 2. The number of nitrogen functional groups attached to an aromatic ring is 1. The lowest BCUT2D eigenvalue weighted by atomic mass is 9.79. The van der Waals surface area contributed by atoms with Gasteiger partial charge in [0, 0.05) is 6.54 Å². The lowest BCUT2D eigenvalue weighted by Crippen LogP contribution is -2.40. The molecule has 0 spiro atoms. The summed E-state index contributed by atoms with van der Waals surface area (Å²) in [5.74, 6) is 0.640. The number of sulfonamides is 1. The molecule has 0 aromatic heterocycles. The smallest absolute Gasteiger partial charge is 0.238 e. The molecule has 0 amide bonds. The van der Waals surface area contributed by atoms with Gasteiger partial charge in [0.15, 0.2) is 0 Å². The van der Waals surface area contributed by atoms with Gasteiger partial charge in [-0.25, -0.2) is 13.6 Å². The van der Waals surface area contributed by atoms with Crippen molar-refractivity contribution >= 4 is 21.4 Å². The predicted molar refractivity (Wildman–Crippen MR) is 83.3 cm³/mol. The van der Waals surface area contributed by atoms with Crippen LogP contribution < -0.4 is 16.2 Å². The highest BCUT2D eigenvalue weighted by Crippen LogP contribution is 2.32. The fourth-order valence-electron chi connectivity index (χ4n) is 2.60. The summed E-state index contributed by atoms with van der Waals surface area (Å²) in [6, 6.07) is 4.27. The van der Waals surface area contributed by atoms with Crippen molar-refractivity contribution in [2.45, 2.75) is 43.1 Å². The number of hydrogen-bond acceptors (Lipinski definition) is 5. The number of primary sulfonamides is 1. The lowest BCUT2D eigenvalue weighted by Gasteiger charge is -2.35. The second-order valence-electron chi connectivity index (χ2n) is 6.05. The van der Waals surface area contributed by atoms with E-state index in [2.05, 4.69) is 12.2 Å². The van der Waals surface area contributed by atoms with Crippen LogP contribution in [0.1, 0.15) is 32.6 Å². The van der Waals surface area contributed by atoms with E-state index >= 15 is 0 Å². The molecule has 1 saturated carbocycles. The Balaban J connectivity index is 2.09. The maximum atomic E-state index is 11.4. The van der Waals surface area contributed by atoms with E-state index in [4.69, 9.17) is 10.9 Å². The summed E-state index contributed by atoms with van der Waals surface area (Å²) < 4.78 is 22.7. The number of hydrogen-bond donors (Lipinski definition) is 4. The second-order valence-corrected chi connectivity index (χ2v) is 7.62. The molecule has 21 heavy (non-hydrogen) atoms. The van der Waals surface area contributed by atoms with Gasteiger partial charge < -0.3 is 16.2 Å². The summed E-state index contributed by atoms with van der Waals surface area (Å²) in [6.45, 7) is 2.53. The van der Waals surface area contributed by atoms with Crippen molar-refractivity contribution in [1.82, 2.24) is 0 Å². The van der Waals surface area contributed by atoms with Gasteiger partial charge in [-0.1, -0.05) is 6.92 Å². The molecule has 0 aliphatic heterocycles. The minimum Gasteiger partial charge on any atom is -0.397 e. The molecule has 2 rings (SSSR count). The van der Waals surface area contributed by atoms with Crippen LogP contribution in [0.3, 0.4) is 0 Å². The van der Waals surface area contributed by atoms with Gasteiger partial charge in [-0.15, -0.1) is 0 Å². The first-order chi connectivity index (χ1) is 9.70. The zero-order chi connectivity index (χ0) is 15.7. The van der Waals surface area contributed by atoms with Gasteiger partial charge in [-0.05, 0) is 49.8 Å². The van der Waals surface area contributed by atoms with Crippen molar-refractivity contribution in [2.75, 3.05) is 17.6 Å². The quantitative estimate of drug-likeness (QED) is 0.624. The van der Waals surface area contributed by atoms with E-state index in [1.165, 1.54) is 18.2 Å². The fourth-order valence-corrected chi connectivity index (χ4v) is 3.14. The first kappa shape index (κ1) is 16.1. The molecule has 0 atom stereocenters. The number of aliphatic hydroxyl groups is 1. The average molecular weight is 313 g/mol. The molecule has 6 N–H and O–H groups in total. The number of rotatable bonds is 4. The van der Waals surface area contributed by atoms with Crippen LogP contribution >= 0.6 is 0 Å². The molecule has 1 aliphatic rings. The van der Waals surface area contributed by atoms with Crippen molar-refractivity contribution in [3.8, 4) is 0 Å². The van der Waals surface area contributed by atoms with Gasteiger partial charge in [0.2, 0.25) is 10.0 Å². The first-order valence-electron chi connectivity index (χ1n) is 7.08. The van der Waals surface area contributed by atoms with Gasteiger partial charge in [0.25, 0.3) is 0 Å². The van der Waals surface area contributed by atoms with Gasteiger partial charge in [-0.2, -0.15) is 0 Å². The summed E-state index contributed by atoms with van der Waals surface area (Å²) in [5, 5.41) is 18.7. The molecule has 6 nitrogen and oxygen atoms in total. The van der Waals surface area contributed by atoms with Crippen molar-refractivity contribution < 1.29 is 13.5 Å². The van der Waals surface area contributed by atoms with Crippen LogP contribution in [0.25, 0.3) is 0 Å². The summed E-state index contributed by atoms with van der Waals surface area (Å²) in [6.07, 6.45) is 3.45. The third kappa shape index (κ3) is 4.09. The highest BCUT2D eigenvalue weighted by atomic mass is 32.2. The predicted octanol–water partition coefficient (Wildman–Crippen LogP) is 1.27. The third-order valence-electron chi connectivity index (χ3n) is 4.17. The highest BCUT2D eigenvalue weighted by Gasteiger charge is 2.31. The minimum atomic E-state index is -3.77. The summed E-state index contributed by atoms with van der Waals surface area (Å²) >= 11 is 0. The van der Waals surface area contributed by atoms with E-state index in [1.54, 1.807) is 0 Å². The Labute approximate surface area is 125 Å². The topological polar surface area (TPSA) is 118 Å². The largest absolute Gasteiger partial charge is 0.397 e. The van der Waals surface area contributed by atoms with E-state index in [1.807, 2.05) is 0 Å². The Bertz CT molecular complexity index is 608. The minimum absolute atomic E-state index is 0.00320. The van der Waals surface area contributed by atoms with E-state index in [9.17, 15) is 13.5 Å². The van der Waals surface area contributed by atoms with Gasteiger partial charge in [-0.3, -0.25) is 0 Å². The molecule has 0 saturated heterocycles. The molecular formula is C14H23N3O3S. The summed E-state index contributed by atoms with van der Waals surface area (Å²) in [7, 11) is -3.77. The maximum absolute atomic E-state index is 11.4. The summed E-state index contributed by atoms with van der Waals surface area (Å²) in [5.41, 5.74) is 5.97. The van der Waals surface area contributed by atoms with Gasteiger partial charge >= 0.3 is 0 Å². The highest BCUT2D eigenvalue weighted by molar-refractivity contribution is 7.89. The van der Waals surface area contributed by atoms with Crippen LogP contribution in [0.15, 0.2) is 23.1 Å². The Morgan fingerprint density at radius 2 is 2.00 bits per heavy atom. The van der Waals surface area contributed by atoms with Crippen LogP contribution in [0.4, 0.5) is 11.4 Å². The molecule has 118 valence electrons. The maximum Gasteiger partial charge on any atom is 0.238 e. The summed E-state index contributed by atoms with van der Waals surface area (Å²) in [4.78, 5) is 0.00320. The molecule has 0 unspecified atom stereocenters. The third-order valence-corrected chi connectivity index (χ3v) is 5.08. The van der Waals surface area contributed by atoms with E-state index < -0.39 is 15.6 Å².